The van der Waals surface area contributed by atoms with Gasteiger partial charge in [0.05, 0.1) is 0 Å². The first kappa shape index (κ1) is 8.60. The predicted octanol–water partition coefficient (Wildman–Crippen LogP) is -2.13. The normalized spacial score (nSPS) is 10.5. The van der Waals surface area contributed by atoms with Gasteiger partial charge in [-0.3, -0.25) is 5.32 Å². The summed E-state index contributed by atoms with van der Waals surface area (Å²) in [6, 6.07) is 0. The molecule has 13 heavy (non-hydrogen) atoms. The predicted molar refractivity (Wildman–Crippen MR) is 42.1 cm³/mol. The number of nitrogens with zero attached hydrogens (tertiary/aromatic N) is 6. The van der Waals surface area contributed by atoms with Gasteiger partial charge in [0, 0.05) is 0 Å². The van der Waals surface area contributed by atoms with E-state index in [1.807, 2.05) is 0 Å². The lowest BCUT2D eigenvalue weighted by molar-refractivity contribution is 0.830. The molecule has 9 nitrogen and oxygen atoms in total. The molecule has 0 aliphatic rings. The van der Waals surface area contributed by atoms with Crippen LogP contribution in [0.2, 0.25) is 0 Å². The van der Waals surface area contributed by atoms with E-state index < -0.39 is 0 Å². The van der Waals surface area contributed by atoms with Crippen molar-refractivity contribution in [1.82, 2.24) is 25.7 Å². The van der Waals surface area contributed by atoms with E-state index in [-0.39, 0.29) is 17.9 Å². The summed E-state index contributed by atoms with van der Waals surface area (Å²) in [6.45, 7) is 0. The Morgan fingerprint density at radius 1 is 1.54 bits per heavy atom. The largest absolute Gasteiger partial charge is 0.369 e. The zero-order valence-electron chi connectivity index (χ0n) is 6.34. The van der Waals surface area contributed by atoms with Gasteiger partial charge in [-0.2, -0.15) is 15.2 Å². The minimum absolute atomic E-state index is 0.0623. The molecule has 0 aromatic carbocycles. The first-order valence-electron chi connectivity index (χ1n) is 3.04. The number of aromatic nitrogens is 4. The maximum absolute atomic E-state index is 8.15. The number of nitriles is 1. The Labute approximate surface area is 72.5 Å². The molecule has 0 saturated heterocycles. The molecule has 0 spiro atoms. The van der Waals surface area contributed by atoms with E-state index >= 15 is 0 Å². The Morgan fingerprint density at radius 2 is 2.31 bits per heavy atom. The van der Waals surface area contributed by atoms with E-state index in [0.717, 1.165) is 0 Å². The maximum Gasteiger partial charge on any atom is 0.277 e. The molecule has 5 N–H and O–H groups in total. The first-order chi connectivity index (χ1) is 6.22. The zero-order chi connectivity index (χ0) is 9.68. The highest BCUT2D eigenvalue weighted by molar-refractivity contribution is 5.81. The third kappa shape index (κ3) is 2.54. The molecule has 1 heterocycles. The van der Waals surface area contributed by atoms with E-state index in [1.54, 1.807) is 6.19 Å². The lowest BCUT2D eigenvalue weighted by Gasteiger charge is -1.93. The Hall–Kier alpha value is -2.50. The summed E-state index contributed by atoms with van der Waals surface area (Å²) in [5, 5.41) is 20.2. The summed E-state index contributed by atoms with van der Waals surface area (Å²) in [4.78, 5) is 7.14. The number of rotatable bonds is 1. The Morgan fingerprint density at radius 3 is 2.92 bits per heavy atom. The van der Waals surface area contributed by atoms with Crippen LogP contribution in [0.5, 0.6) is 0 Å². The van der Waals surface area contributed by atoms with Crippen molar-refractivity contribution in [2.75, 3.05) is 5.73 Å². The Balaban J connectivity index is 2.86. The molecule has 0 amide bonds. The van der Waals surface area contributed by atoms with Crippen LogP contribution in [0.1, 0.15) is 0 Å². The summed E-state index contributed by atoms with van der Waals surface area (Å²) in [7, 11) is 0. The fraction of sp³-hybridized carbons (Fsp3) is 0. The molecular formula is C4H5N9. The monoisotopic (exact) mass is 179 g/mol. The average molecular weight is 179 g/mol. The average Bonchev–Trinajstić information content (AvgIpc) is 2.04. The van der Waals surface area contributed by atoms with Gasteiger partial charge in [0.15, 0.2) is 6.19 Å². The number of hydrogen-bond acceptors (Lipinski definition) is 7. The van der Waals surface area contributed by atoms with Crippen molar-refractivity contribution in [2.24, 2.45) is 10.7 Å². The topological polar surface area (TPSA) is 152 Å². The highest BCUT2D eigenvalue weighted by atomic mass is 15.4. The number of anilines is 1. The van der Waals surface area contributed by atoms with Gasteiger partial charge in [0.1, 0.15) is 0 Å². The van der Waals surface area contributed by atoms with Gasteiger partial charge in [0.2, 0.25) is 11.9 Å². The van der Waals surface area contributed by atoms with Gasteiger partial charge in [-0.1, -0.05) is 10.2 Å². The van der Waals surface area contributed by atoms with Crippen LogP contribution in [0.3, 0.4) is 0 Å². The number of nitrogen functional groups attached to an aromatic ring is 1. The van der Waals surface area contributed by atoms with Crippen LogP contribution in [0.4, 0.5) is 11.9 Å². The van der Waals surface area contributed by atoms with E-state index in [9.17, 15) is 0 Å². The lowest BCUT2D eigenvalue weighted by Crippen LogP contribution is -2.27. The quantitative estimate of drug-likeness (QED) is 0.191. The van der Waals surface area contributed by atoms with Crippen LogP contribution < -0.4 is 16.8 Å². The van der Waals surface area contributed by atoms with Crippen LogP contribution in [0.25, 0.3) is 0 Å². The van der Waals surface area contributed by atoms with Gasteiger partial charge < -0.3 is 11.5 Å². The molecule has 0 fully saturated rings. The molecule has 0 radical (unpaired) electrons. The van der Waals surface area contributed by atoms with Crippen molar-refractivity contribution in [2.45, 2.75) is 0 Å². The number of nitrogens with one attached hydrogen (secondary N) is 1. The van der Waals surface area contributed by atoms with Crippen LogP contribution in [-0.4, -0.2) is 26.4 Å². The molecule has 1 aromatic rings. The maximum atomic E-state index is 8.15. The molecule has 1 aromatic heterocycles. The van der Waals surface area contributed by atoms with Gasteiger partial charge in [-0.05, 0) is 5.21 Å². The van der Waals surface area contributed by atoms with Gasteiger partial charge in [-0.25, -0.2) is 0 Å². The number of nitrogens with two attached hydrogens (primary N) is 2. The third-order valence-corrected chi connectivity index (χ3v) is 0.900. The zero-order valence-corrected chi connectivity index (χ0v) is 6.34. The van der Waals surface area contributed by atoms with Crippen molar-refractivity contribution in [3.63, 3.8) is 0 Å². The molecular weight excluding hydrogens is 174 g/mol. The molecule has 0 unspecified atom stereocenters. The third-order valence-electron chi connectivity index (χ3n) is 0.900. The summed E-state index contributed by atoms with van der Waals surface area (Å²) in [6.07, 6.45) is 1.57. The number of aliphatic imine (C=N–C) groups is 1. The molecule has 66 valence electrons. The van der Waals surface area contributed by atoms with E-state index in [4.69, 9.17) is 16.7 Å². The minimum atomic E-state index is -0.144. The highest BCUT2D eigenvalue weighted by Crippen LogP contribution is 1.99. The fourth-order valence-electron chi connectivity index (χ4n) is 0.496. The second-order valence-electron chi connectivity index (χ2n) is 1.79. The molecule has 0 aliphatic heterocycles. The SMILES string of the molecule is N#CNC(N)=Nc1nnnc(N)n1. The smallest absolute Gasteiger partial charge is 0.277 e. The van der Waals surface area contributed by atoms with E-state index in [1.165, 1.54) is 0 Å². The fourth-order valence-corrected chi connectivity index (χ4v) is 0.496. The van der Waals surface area contributed by atoms with E-state index in [0.29, 0.717) is 0 Å². The van der Waals surface area contributed by atoms with E-state index in [2.05, 4.69) is 30.7 Å². The molecule has 0 atom stereocenters. The van der Waals surface area contributed by atoms with Gasteiger partial charge >= 0.3 is 0 Å². The van der Waals surface area contributed by atoms with Crippen molar-refractivity contribution in [1.29, 1.82) is 5.26 Å². The standard InChI is InChI=1S/C4H5N9/c5-1-8-2(6)9-4-10-3(7)11-13-12-4/h(H5,6,7,8,9,10,11,12). The molecule has 0 bridgehead atoms. The van der Waals surface area contributed by atoms with Crippen molar-refractivity contribution >= 4 is 17.9 Å². The molecule has 9 heteroatoms. The van der Waals surface area contributed by atoms with Crippen LogP contribution in [0, 0.1) is 11.5 Å². The van der Waals surface area contributed by atoms with Gasteiger partial charge in [0.25, 0.3) is 5.95 Å². The summed E-state index contributed by atoms with van der Waals surface area (Å²) in [5.74, 6) is -0.277. The molecule has 1 rings (SSSR count). The van der Waals surface area contributed by atoms with Crippen molar-refractivity contribution < 1.29 is 0 Å². The van der Waals surface area contributed by atoms with Gasteiger partial charge in [-0.15, -0.1) is 0 Å². The summed E-state index contributed by atoms with van der Waals surface area (Å²) < 4.78 is 0. The van der Waals surface area contributed by atoms with Crippen molar-refractivity contribution in [3.05, 3.63) is 0 Å². The number of hydrogen-bond donors (Lipinski definition) is 3. The molecule has 0 aliphatic carbocycles. The lowest BCUT2D eigenvalue weighted by atomic mass is 10.9. The van der Waals surface area contributed by atoms with Crippen LogP contribution >= 0.6 is 0 Å². The Bertz CT molecular complexity index is 362. The number of guanidine groups is 1. The first-order valence-corrected chi connectivity index (χ1v) is 3.04. The second kappa shape index (κ2) is 3.77. The summed E-state index contributed by atoms with van der Waals surface area (Å²) >= 11 is 0. The second-order valence-corrected chi connectivity index (χ2v) is 1.79. The highest BCUT2D eigenvalue weighted by Gasteiger charge is 1.97. The molecule has 0 saturated carbocycles. The van der Waals surface area contributed by atoms with Crippen molar-refractivity contribution in [3.8, 4) is 6.19 Å². The minimum Gasteiger partial charge on any atom is -0.369 e. The summed E-state index contributed by atoms with van der Waals surface area (Å²) in [5.41, 5.74) is 10.4. The van der Waals surface area contributed by atoms with Crippen LogP contribution in [0.15, 0.2) is 4.99 Å². The Kier molecular flexibility index (Phi) is 2.49. The van der Waals surface area contributed by atoms with Crippen LogP contribution in [-0.2, 0) is 0 Å².